The summed E-state index contributed by atoms with van der Waals surface area (Å²) in [6, 6.07) is 4.09. The third-order valence-corrected chi connectivity index (χ3v) is 4.06. The highest BCUT2D eigenvalue weighted by Gasteiger charge is 2.18. The Bertz CT molecular complexity index is 679. The topological polar surface area (TPSA) is 63.9 Å². The molecule has 0 aromatic carbocycles. The lowest BCUT2D eigenvalue weighted by molar-refractivity contribution is -0.139. The van der Waals surface area contributed by atoms with Gasteiger partial charge < -0.3 is 9.30 Å². The van der Waals surface area contributed by atoms with Gasteiger partial charge in [0.15, 0.2) is 0 Å². The Morgan fingerprint density at radius 3 is 2.36 bits per heavy atom. The second kappa shape index (κ2) is 9.61. The summed E-state index contributed by atoms with van der Waals surface area (Å²) in [4.78, 5) is 28.6. The molecule has 0 aliphatic rings. The molecule has 1 amide bonds. The largest absolute Gasteiger partial charge is 0.461 e. The Kier molecular flexibility index (Phi) is 7.85. The van der Waals surface area contributed by atoms with Crippen LogP contribution in [0.2, 0.25) is 0 Å². The van der Waals surface area contributed by atoms with E-state index < -0.39 is 0 Å². The van der Waals surface area contributed by atoms with E-state index in [-0.39, 0.29) is 12.6 Å². The third kappa shape index (κ3) is 5.45. The minimum atomic E-state index is -0.388. The molecular weight excluding hydrogens is 318 g/mol. The van der Waals surface area contributed by atoms with Crippen LogP contribution >= 0.6 is 0 Å². The van der Waals surface area contributed by atoms with E-state index in [0.29, 0.717) is 24.5 Å². The maximum absolute atomic E-state index is 11.7. The molecule has 0 N–H and O–H groups in total. The van der Waals surface area contributed by atoms with Gasteiger partial charge in [0.2, 0.25) is 6.41 Å². The van der Waals surface area contributed by atoms with Crippen molar-refractivity contribution in [1.29, 1.82) is 0 Å². The molecular formula is C19H27N3O3. The Hall–Kier alpha value is -2.63. The molecule has 25 heavy (non-hydrogen) atoms. The van der Waals surface area contributed by atoms with Crippen LogP contribution in [0.1, 0.15) is 25.2 Å². The summed E-state index contributed by atoms with van der Waals surface area (Å²) >= 11 is 0. The zero-order valence-corrected chi connectivity index (χ0v) is 15.7. The van der Waals surface area contributed by atoms with Gasteiger partial charge in [-0.2, -0.15) is 0 Å². The predicted octanol–water partition coefficient (Wildman–Crippen LogP) is 2.66. The number of aromatic nitrogens is 1. The van der Waals surface area contributed by atoms with Gasteiger partial charge in [0, 0.05) is 44.0 Å². The number of allylic oxidation sites excluding steroid dienone is 2. The lowest BCUT2D eigenvalue weighted by atomic mass is 10.1. The molecule has 0 radical (unpaired) electrons. The minimum Gasteiger partial charge on any atom is -0.461 e. The lowest BCUT2D eigenvalue weighted by Crippen LogP contribution is -2.36. The zero-order valence-electron chi connectivity index (χ0n) is 15.7. The Morgan fingerprint density at radius 2 is 1.92 bits per heavy atom. The van der Waals surface area contributed by atoms with Gasteiger partial charge in [-0.25, -0.2) is 0 Å². The number of esters is 1. The molecule has 0 saturated carbocycles. The van der Waals surface area contributed by atoms with E-state index in [1.165, 1.54) is 11.8 Å². The smallest absolute Gasteiger partial charge is 0.302 e. The SMILES string of the molecule is C=C/C(C)=C(/COC(C)=O)C(=NC)N(C=O)CCn1c(C)ccc1C. The summed E-state index contributed by atoms with van der Waals surface area (Å²) in [5.74, 6) is 0.0946. The second-order valence-electron chi connectivity index (χ2n) is 5.76. The molecule has 0 spiro atoms. The van der Waals surface area contributed by atoms with Crippen molar-refractivity contribution in [1.82, 2.24) is 9.47 Å². The quantitative estimate of drug-likeness (QED) is 0.239. The van der Waals surface area contributed by atoms with E-state index in [9.17, 15) is 9.59 Å². The van der Waals surface area contributed by atoms with Crippen LogP contribution in [0.15, 0.2) is 40.9 Å². The van der Waals surface area contributed by atoms with Crippen LogP contribution in [0, 0.1) is 13.8 Å². The van der Waals surface area contributed by atoms with Gasteiger partial charge in [-0.15, -0.1) is 0 Å². The normalized spacial score (nSPS) is 12.4. The van der Waals surface area contributed by atoms with Crippen LogP contribution in [0.25, 0.3) is 0 Å². The summed E-state index contributed by atoms with van der Waals surface area (Å²) in [5.41, 5.74) is 3.75. The fourth-order valence-corrected chi connectivity index (χ4v) is 2.56. The number of aliphatic imine (C=N–C) groups is 1. The van der Waals surface area contributed by atoms with E-state index >= 15 is 0 Å². The molecule has 1 aromatic rings. The first kappa shape index (κ1) is 20.4. The Balaban J connectivity index is 3.04. The number of carbonyl (C=O) groups excluding carboxylic acids is 2. The van der Waals surface area contributed by atoms with E-state index in [4.69, 9.17) is 4.74 Å². The summed E-state index contributed by atoms with van der Waals surface area (Å²) in [6.07, 6.45) is 2.41. The number of carbonyl (C=O) groups is 2. The maximum Gasteiger partial charge on any atom is 0.302 e. The molecule has 0 atom stereocenters. The van der Waals surface area contributed by atoms with Crippen molar-refractivity contribution in [3.05, 3.63) is 47.3 Å². The molecule has 0 unspecified atom stereocenters. The standard InChI is InChI=1S/C19H27N3O3/c1-7-14(2)18(12-25-17(5)24)19(20-6)21(13-23)10-11-22-15(3)8-9-16(22)4/h7-9,13H,1,10-12H2,2-6H3/b18-14-,20-19?. The highest BCUT2D eigenvalue weighted by atomic mass is 16.5. The molecule has 136 valence electrons. The number of rotatable bonds is 8. The van der Waals surface area contributed by atoms with Crippen LogP contribution in [-0.4, -0.2) is 47.9 Å². The van der Waals surface area contributed by atoms with Gasteiger partial charge in [-0.3, -0.25) is 19.5 Å². The highest BCUT2D eigenvalue weighted by molar-refractivity contribution is 6.04. The Morgan fingerprint density at radius 1 is 1.32 bits per heavy atom. The number of hydrogen-bond acceptors (Lipinski definition) is 4. The van der Waals surface area contributed by atoms with Gasteiger partial charge >= 0.3 is 5.97 Å². The molecule has 0 aliphatic carbocycles. The molecule has 6 heteroatoms. The molecule has 1 rings (SSSR count). The fraction of sp³-hybridized carbons (Fsp3) is 0.421. The third-order valence-electron chi connectivity index (χ3n) is 4.06. The number of amides is 1. The molecule has 0 aliphatic heterocycles. The summed E-state index contributed by atoms with van der Waals surface area (Å²) in [5, 5.41) is 0. The average Bonchev–Trinajstić information content (AvgIpc) is 2.91. The minimum absolute atomic E-state index is 0.0474. The van der Waals surface area contributed by atoms with Crippen molar-refractivity contribution in [3.8, 4) is 0 Å². The van der Waals surface area contributed by atoms with Gasteiger partial charge in [0.25, 0.3) is 0 Å². The van der Waals surface area contributed by atoms with Crippen LogP contribution in [0.4, 0.5) is 0 Å². The van der Waals surface area contributed by atoms with Crippen LogP contribution in [-0.2, 0) is 20.9 Å². The van der Waals surface area contributed by atoms with Crippen molar-refractivity contribution < 1.29 is 14.3 Å². The molecule has 0 fully saturated rings. The van der Waals surface area contributed by atoms with E-state index in [2.05, 4.69) is 16.1 Å². The van der Waals surface area contributed by atoms with Gasteiger partial charge in [0.05, 0.1) is 0 Å². The van der Waals surface area contributed by atoms with Gasteiger partial charge in [0.1, 0.15) is 12.4 Å². The summed E-state index contributed by atoms with van der Waals surface area (Å²) < 4.78 is 7.26. The number of amidine groups is 1. The van der Waals surface area contributed by atoms with E-state index in [1.807, 2.05) is 32.9 Å². The molecule has 1 aromatic heterocycles. The number of nitrogens with zero attached hydrogens (tertiary/aromatic N) is 3. The van der Waals surface area contributed by atoms with Gasteiger partial charge in [-0.1, -0.05) is 12.7 Å². The van der Waals surface area contributed by atoms with Crippen molar-refractivity contribution >= 4 is 18.2 Å². The van der Waals surface area contributed by atoms with Crippen molar-refractivity contribution in [2.75, 3.05) is 20.2 Å². The first-order valence-electron chi connectivity index (χ1n) is 8.13. The predicted molar refractivity (Wildman–Crippen MR) is 99.6 cm³/mol. The van der Waals surface area contributed by atoms with Crippen molar-refractivity contribution in [3.63, 3.8) is 0 Å². The van der Waals surface area contributed by atoms with Crippen molar-refractivity contribution in [2.45, 2.75) is 34.2 Å². The Labute approximate surface area is 149 Å². The summed E-state index contributed by atoms with van der Waals surface area (Å²) in [7, 11) is 1.61. The highest BCUT2D eigenvalue weighted by Crippen LogP contribution is 2.13. The van der Waals surface area contributed by atoms with E-state index in [1.54, 1.807) is 13.1 Å². The number of aryl methyl sites for hydroxylation is 2. The monoisotopic (exact) mass is 345 g/mol. The van der Waals surface area contributed by atoms with Crippen LogP contribution in [0.5, 0.6) is 0 Å². The first-order valence-corrected chi connectivity index (χ1v) is 8.13. The molecule has 1 heterocycles. The number of hydrogen-bond donors (Lipinski definition) is 0. The van der Waals surface area contributed by atoms with Crippen LogP contribution < -0.4 is 0 Å². The maximum atomic E-state index is 11.7. The number of ether oxygens (including phenoxy) is 1. The van der Waals surface area contributed by atoms with Crippen molar-refractivity contribution in [2.24, 2.45) is 4.99 Å². The first-order chi connectivity index (χ1) is 11.8. The molecule has 6 nitrogen and oxygen atoms in total. The molecule has 0 saturated heterocycles. The lowest BCUT2D eigenvalue weighted by Gasteiger charge is -2.23. The average molecular weight is 345 g/mol. The van der Waals surface area contributed by atoms with Crippen LogP contribution in [0.3, 0.4) is 0 Å². The molecule has 0 bridgehead atoms. The summed E-state index contributed by atoms with van der Waals surface area (Å²) in [6.45, 7) is 12.2. The fourth-order valence-electron chi connectivity index (χ4n) is 2.56. The van der Waals surface area contributed by atoms with E-state index in [0.717, 1.165) is 23.4 Å². The second-order valence-corrected chi connectivity index (χ2v) is 5.76. The zero-order chi connectivity index (χ0) is 19.0. The van der Waals surface area contributed by atoms with Gasteiger partial charge in [-0.05, 0) is 38.5 Å².